The van der Waals surface area contributed by atoms with E-state index in [9.17, 15) is 22.0 Å². The van der Waals surface area contributed by atoms with Crippen LogP contribution < -0.4 is 9.47 Å². The van der Waals surface area contributed by atoms with Crippen LogP contribution in [0.1, 0.15) is 29.2 Å². The molecule has 32 heavy (non-hydrogen) atoms. The minimum absolute atomic E-state index is 0.0667. The smallest absolute Gasteiger partial charge is 0.453 e. The molecule has 2 heterocycles. The summed E-state index contributed by atoms with van der Waals surface area (Å²) in [5.74, 6) is -3.97. The lowest BCUT2D eigenvalue weighted by atomic mass is 10.1. The summed E-state index contributed by atoms with van der Waals surface area (Å²) in [6.07, 6.45) is -3.32. The number of hydrogen-bond donors (Lipinski definition) is 0. The van der Waals surface area contributed by atoms with E-state index in [0.717, 1.165) is 16.9 Å². The molecule has 0 unspecified atom stereocenters. The summed E-state index contributed by atoms with van der Waals surface area (Å²) in [5.41, 5.74) is 2.94. The zero-order valence-corrected chi connectivity index (χ0v) is 17.6. The molecule has 3 aromatic rings. The minimum atomic E-state index is -5.62. The van der Waals surface area contributed by atoms with Crippen LogP contribution in [0.15, 0.2) is 36.8 Å². The number of rotatable bonds is 8. The van der Waals surface area contributed by atoms with Crippen LogP contribution >= 0.6 is 0 Å². The van der Waals surface area contributed by atoms with Gasteiger partial charge in [-0.1, -0.05) is 6.07 Å². The Morgan fingerprint density at radius 3 is 2.38 bits per heavy atom. The molecule has 3 rings (SSSR count). The van der Waals surface area contributed by atoms with Gasteiger partial charge in [0.2, 0.25) is 5.88 Å². The van der Waals surface area contributed by atoms with Gasteiger partial charge in [0, 0.05) is 24.4 Å². The maximum absolute atomic E-state index is 13.1. The highest BCUT2D eigenvalue weighted by Gasteiger charge is 2.56. The van der Waals surface area contributed by atoms with Gasteiger partial charge in [0.1, 0.15) is 11.6 Å². The molecule has 6 nitrogen and oxygen atoms in total. The summed E-state index contributed by atoms with van der Waals surface area (Å²) < 4.78 is 75.3. The van der Waals surface area contributed by atoms with Crippen LogP contribution in [0.25, 0.3) is 5.69 Å². The Balaban J connectivity index is 1.73. The Morgan fingerprint density at radius 2 is 1.75 bits per heavy atom. The van der Waals surface area contributed by atoms with E-state index in [4.69, 9.17) is 9.47 Å². The number of aryl methyl sites for hydroxylation is 2. The van der Waals surface area contributed by atoms with Crippen LogP contribution in [-0.2, 0) is 6.42 Å². The van der Waals surface area contributed by atoms with Crippen molar-refractivity contribution >= 4 is 0 Å². The first kappa shape index (κ1) is 23.4. The van der Waals surface area contributed by atoms with Crippen molar-refractivity contribution in [2.45, 2.75) is 38.8 Å². The number of halogens is 5. The van der Waals surface area contributed by atoms with E-state index in [1.807, 2.05) is 29.8 Å². The lowest BCUT2D eigenvalue weighted by Gasteiger charge is -2.19. The van der Waals surface area contributed by atoms with Crippen molar-refractivity contribution < 1.29 is 31.4 Å². The number of ether oxygens (including phenoxy) is 2. The van der Waals surface area contributed by atoms with Crippen LogP contribution in [0.4, 0.5) is 22.0 Å². The normalized spacial score (nSPS) is 12.1. The third-order valence-electron chi connectivity index (χ3n) is 4.55. The second-order valence-electron chi connectivity index (χ2n) is 7.17. The van der Waals surface area contributed by atoms with Crippen molar-refractivity contribution in [3.63, 3.8) is 0 Å². The van der Waals surface area contributed by atoms with E-state index in [-0.39, 0.29) is 12.3 Å². The summed E-state index contributed by atoms with van der Waals surface area (Å²) in [7, 11) is 1.54. The fourth-order valence-corrected chi connectivity index (χ4v) is 2.96. The molecule has 0 amide bonds. The van der Waals surface area contributed by atoms with Gasteiger partial charge >= 0.3 is 12.1 Å². The fraction of sp³-hybridized carbons (Fsp3) is 0.381. The number of hydrogen-bond acceptors (Lipinski definition) is 5. The molecule has 2 aromatic heterocycles. The number of alkyl halides is 5. The molecule has 0 aliphatic rings. The lowest BCUT2D eigenvalue weighted by molar-refractivity contribution is -0.285. The van der Waals surface area contributed by atoms with E-state index in [0.29, 0.717) is 17.3 Å². The van der Waals surface area contributed by atoms with Crippen LogP contribution in [0, 0.1) is 13.8 Å². The summed E-state index contributed by atoms with van der Waals surface area (Å²) >= 11 is 0. The van der Waals surface area contributed by atoms with Gasteiger partial charge in [-0.2, -0.15) is 26.9 Å². The van der Waals surface area contributed by atoms with Crippen molar-refractivity contribution in [2.24, 2.45) is 0 Å². The van der Waals surface area contributed by atoms with Gasteiger partial charge in [-0.05, 0) is 31.5 Å². The van der Waals surface area contributed by atoms with Crippen molar-refractivity contribution in [2.75, 3.05) is 13.7 Å². The molecule has 0 atom stereocenters. The van der Waals surface area contributed by atoms with Gasteiger partial charge in [0.05, 0.1) is 37.8 Å². The van der Waals surface area contributed by atoms with Crippen molar-refractivity contribution in [3.8, 4) is 17.3 Å². The summed E-state index contributed by atoms with van der Waals surface area (Å²) in [6.45, 7) is 2.68. The molecule has 0 aliphatic heterocycles. The fourth-order valence-electron chi connectivity index (χ4n) is 2.96. The molecule has 11 heteroatoms. The Hall–Kier alpha value is -3.24. The predicted octanol–water partition coefficient (Wildman–Crippen LogP) is 4.85. The highest BCUT2D eigenvalue weighted by atomic mass is 19.4. The minimum Gasteiger partial charge on any atom is -0.495 e. The Bertz CT molecular complexity index is 1080. The first-order chi connectivity index (χ1) is 15.0. The monoisotopic (exact) mass is 456 g/mol. The lowest BCUT2D eigenvalue weighted by Crippen LogP contribution is -2.37. The maximum Gasteiger partial charge on any atom is 0.453 e. The van der Waals surface area contributed by atoms with Crippen molar-refractivity contribution in [1.29, 1.82) is 0 Å². The zero-order chi connectivity index (χ0) is 23.5. The van der Waals surface area contributed by atoms with Crippen molar-refractivity contribution in [3.05, 3.63) is 59.6 Å². The van der Waals surface area contributed by atoms with Gasteiger partial charge in [-0.15, -0.1) is 0 Å². The Labute approximate surface area is 181 Å². The molecule has 0 fully saturated rings. The van der Waals surface area contributed by atoms with E-state index >= 15 is 0 Å². The molecule has 0 radical (unpaired) electrons. The average molecular weight is 456 g/mol. The average Bonchev–Trinajstić information content (AvgIpc) is 3.12. The summed E-state index contributed by atoms with van der Waals surface area (Å²) in [4.78, 5) is 12.6. The largest absolute Gasteiger partial charge is 0.495 e. The third kappa shape index (κ3) is 5.51. The number of methoxy groups -OCH3 is 1. The second kappa shape index (κ2) is 9.09. The van der Waals surface area contributed by atoms with Crippen LogP contribution in [0.3, 0.4) is 0 Å². The number of benzene rings is 1. The first-order valence-corrected chi connectivity index (χ1v) is 9.58. The Kier molecular flexibility index (Phi) is 6.65. The molecule has 0 N–H and O–H groups in total. The molecule has 0 spiro atoms. The summed E-state index contributed by atoms with van der Waals surface area (Å²) in [6, 6.07) is 6.88. The number of aromatic nitrogens is 4. The molecular formula is C21H21F5N4O2. The van der Waals surface area contributed by atoms with Crippen LogP contribution in [0.2, 0.25) is 0 Å². The SMILES string of the molecule is COc1cc(Cc2nc(C)cc(OCCC(F)(F)C(F)(F)F)n2)ccc1-n1cnc(C)c1. The van der Waals surface area contributed by atoms with Gasteiger partial charge in [0.15, 0.2) is 0 Å². The van der Waals surface area contributed by atoms with E-state index in [1.54, 1.807) is 19.3 Å². The number of nitrogens with zero attached hydrogens (tertiary/aromatic N) is 4. The summed E-state index contributed by atoms with van der Waals surface area (Å²) in [5, 5.41) is 0. The maximum atomic E-state index is 13.1. The molecule has 0 aliphatic carbocycles. The van der Waals surface area contributed by atoms with Gasteiger partial charge in [-0.25, -0.2) is 9.97 Å². The van der Waals surface area contributed by atoms with Gasteiger partial charge in [-0.3, -0.25) is 0 Å². The first-order valence-electron chi connectivity index (χ1n) is 9.58. The van der Waals surface area contributed by atoms with Gasteiger partial charge < -0.3 is 14.0 Å². The molecular weight excluding hydrogens is 435 g/mol. The molecule has 0 saturated heterocycles. The van der Waals surface area contributed by atoms with E-state index < -0.39 is 25.1 Å². The molecule has 172 valence electrons. The standard InChI is InChI=1S/C21H21F5N4O2/c1-13-8-19(32-7-6-20(22,23)21(24,25)26)29-18(28-13)10-15-4-5-16(17(9-15)31-3)30-11-14(2)27-12-30/h4-5,8-9,11-12H,6-7,10H2,1-3H3. The Morgan fingerprint density at radius 1 is 1.00 bits per heavy atom. The second-order valence-corrected chi connectivity index (χ2v) is 7.17. The third-order valence-corrected chi connectivity index (χ3v) is 4.55. The number of imidazole rings is 1. The predicted molar refractivity (Wildman–Crippen MR) is 106 cm³/mol. The van der Waals surface area contributed by atoms with Gasteiger partial charge in [0.25, 0.3) is 0 Å². The molecule has 1 aromatic carbocycles. The van der Waals surface area contributed by atoms with Crippen LogP contribution in [-0.4, -0.2) is 45.3 Å². The molecule has 0 saturated carbocycles. The quantitative estimate of drug-likeness (QED) is 0.454. The zero-order valence-electron chi connectivity index (χ0n) is 17.6. The van der Waals surface area contributed by atoms with Crippen LogP contribution in [0.5, 0.6) is 11.6 Å². The van der Waals surface area contributed by atoms with Crippen molar-refractivity contribution in [1.82, 2.24) is 19.5 Å². The molecule has 0 bridgehead atoms. The topological polar surface area (TPSA) is 62.1 Å². The van der Waals surface area contributed by atoms with E-state index in [1.165, 1.54) is 13.2 Å². The highest BCUT2D eigenvalue weighted by molar-refractivity contribution is 5.49. The van der Waals surface area contributed by atoms with E-state index in [2.05, 4.69) is 15.0 Å². The highest BCUT2D eigenvalue weighted by Crippen LogP contribution is 2.38.